The van der Waals surface area contributed by atoms with Crippen LogP contribution in [0, 0.1) is 6.92 Å². The largest absolute Gasteiger partial charge is 0.358 e. The first-order valence-electron chi connectivity index (χ1n) is 8.64. The lowest BCUT2D eigenvalue weighted by Crippen LogP contribution is -2.37. The summed E-state index contributed by atoms with van der Waals surface area (Å²) in [5, 5.41) is 3.91. The zero-order valence-electron chi connectivity index (χ0n) is 14.6. The van der Waals surface area contributed by atoms with Crippen molar-refractivity contribution in [2.75, 3.05) is 39.8 Å². The second kappa shape index (κ2) is 7.73. The molecule has 128 valence electrons. The molecule has 0 atom stereocenters. The normalized spacial score (nSPS) is 16.9. The third-order valence-electron chi connectivity index (χ3n) is 4.63. The van der Waals surface area contributed by atoms with Crippen molar-refractivity contribution in [3.05, 3.63) is 41.6 Å². The summed E-state index contributed by atoms with van der Waals surface area (Å²) in [5.74, 6) is 0.0950. The van der Waals surface area contributed by atoms with Gasteiger partial charge in [0.15, 0.2) is 0 Å². The highest BCUT2D eigenvalue weighted by Gasteiger charge is 2.16. The first kappa shape index (κ1) is 16.9. The predicted molar refractivity (Wildman–Crippen MR) is 96.9 cm³/mol. The van der Waals surface area contributed by atoms with Crippen molar-refractivity contribution in [1.29, 1.82) is 0 Å². The Morgan fingerprint density at radius 3 is 2.79 bits per heavy atom. The van der Waals surface area contributed by atoms with E-state index >= 15 is 0 Å². The van der Waals surface area contributed by atoms with Crippen molar-refractivity contribution in [2.24, 2.45) is 0 Å². The van der Waals surface area contributed by atoms with Crippen molar-refractivity contribution in [3.8, 4) is 0 Å². The monoisotopic (exact) mass is 326 g/mol. The van der Waals surface area contributed by atoms with Gasteiger partial charge in [0.1, 0.15) is 0 Å². The molecule has 1 aromatic heterocycles. The molecule has 1 aliphatic heterocycles. The minimum absolute atomic E-state index is 0.0950. The molecular formula is C19H26N4O. The minimum Gasteiger partial charge on any atom is -0.358 e. The van der Waals surface area contributed by atoms with Crippen molar-refractivity contribution in [3.63, 3.8) is 0 Å². The Bertz CT molecular complexity index is 716. The molecule has 2 heterocycles. The van der Waals surface area contributed by atoms with E-state index in [1.165, 1.54) is 16.5 Å². The van der Waals surface area contributed by atoms with Gasteiger partial charge in [-0.1, -0.05) is 11.6 Å². The van der Waals surface area contributed by atoms with E-state index in [-0.39, 0.29) is 5.91 Å². The summed E-state index contributed by atoms with van der Waals surface area (Å²) in [6, 6.07) is 8.63. The molecule has 5 heteroatoms. The SMILES string of the molecule is CNC(=O)CN1CCCN(Cc2cnc3ccc(C)cc3c2)CC1. The number of fused-ring (bicyclic) bond motifs is 1. The topological polar surface area (TPSA) is 48.5 Å². The number of likely N-dealkylation sites (N-methyl/N-ethyl adjacent to an activating group) is 1. The molecule has 1 fully saturated rings. The molecule has 0 bridgehead atoms. The van der Waals surface area contributed by atoms with Crippen LogP contribution in [0.4, 0.5) is 0 Å². The Labute approximate surface area is 143 Å². The second-order valence-electron chi connectivity index (χ2n) is 6.62. The Kier molecular flexibility index (Phi) is 5.43. The maximum atomic E-state index is 11.5. The van der Waals surface area contributed by atoms with Crippen molar-refractivity contribution < 1.29 is 4.79 Å². The molecule has 2 aromatic rings. The fourth-order valence-corrected chi connectivity index (χ4v) is 3.26. The lowest BCUT2D eigenvalue weighted by molar-refractivity contribution is -0.121. The maximum absolute atomic E-state index is 11.5. The van der Waals surface area contributed by atoms with Gasteiger partial charge in [-0.25, -0.2) is 0 Å². The van der Waals surface area contributed by atoms with Gasteiger partial charge in [-0.3, -0.25) is 19.6 Å². The number of carbonyl (C=O) groups is 1. The minimum atomic E-state index is 0.0950. The molecule has 0 radical (unpaired) electrons. The van der Waals surface area contributed by atoms with Crippen molar-refractivity contribution in [2.45, 2.75) is 19.9 Å². The number of amides is 1. The smallest absolute Gasteiger partial charge is 0.233 e. The van der Waals surface area contributed by atoms with Gasteiger partial charge in [0, 0.05) is 38.3 Å². The molecule has 0 aliphatic carbocycles. The van der Waals surface area contributed by atoms with E-state index in [2.05, 4.69) is 51.3 Å². The number of hydrogen-bond donors (Lipinski definition) is 1. The standard InChI is InChI=1S/C19H26N4O/c1-15-4-5-18-17(10-15)11-16(12-21-18)13-22-6-3-7-23(9-8-22)14-19(24)20-2/h4-5,10-12H,3,6-9,13-14H2,1-2H3,(H,20,24). The van der Waals surface area contributed by atoms with Gasteiger partial charge in [0.05, 0.1) is 12.1 Å². The number of carbonyl (C=O) groups excluding carboxylic acids is 1. The van der Waals surface area contributed by atoms with Crippen molar-refractivity contribution >= 4 is 16.8 Å². The average Bonchev–Trinajstić information content (AvgIpc) is 2.79. The highest BCUT2D eigenvalue weighted by molar-refractivity contribution is 5.79. The number of aromatic nitrogens is 1. The molecule has 0 spiro atoms. The van der Waals surface area contributed by atoms with Crippen LogP contribution in [0.15, 0.2) is 30.5 Å². The molecule has 0 saturated carbocycles. The highest BCUT2D eigenvalue weighted by atomic mass is 16.1. The quantitative estimate of drug-likeness (QED) is 0.931. The summed E-state index contributed by atoms with van der Waals surface area (Å²) in [4.78, 5) is 20.8. The maximum Gasteiger partial charge on any atom is 0.233 e. The van der Waals surface area contributed by atoms with Crippen LogP contribution >= 0.6 is 0 Å². The fourth-order valence-electron chi connectivity index (χ4n) is 3.26. The van der Waals surface area contributed by atoms with Gasteiger partial charge in [-0.2, -0.15) is 0 Å². The zero-order chi connectivity index (χ0) is 16.9. The van der Waals surface area contributed by atoms with Gasteiger partial charge in [0.2, 0.25) is 5.91 Å². The third-order valence-corrected chi connectivity index (χ3v) is 4.63. The highest BCUT2D eigenvalue weighted by Crippen LogP contribution is 2.17. The number of pyridine rings is 1. The third kappa shape index (κ3) is 4.30. The van der Waals surface area contributed by atoms with Crippen molar-refractivity contribution in [1.82, 2.24) is 20.1 Å². The summed E-state index contributed by atoms with van der Waals surface area (Å²) >= 11 is 0. The van der Waals surface area contributed by atoms with Crippen LogP contribution < -0.4 is 5.32 Å². The molecule has 5 nitrogen and oxygen atoms in total. The van der Waals surface area contributed by atoms with E-state index in [0.717, 1.165) is 44.7 Å². The second-order valence-corrected chi connectivity index (χ2v) is 6.62. The number of nitrogens with zero attached hydrogens (tertiary/aromatic N) is 3. The van der Waals surface area contributed by atoms with E-state index < -0.39 is 0 Å². The molecule has 1 amide bonds. The lowest BCUT2D eigenvalue weighted by Gasteiger charge is -2.21. The Morgan fingerprint density at radius 1 is 1.17 bits per heavy atom. The molecule has 24 heavy (non-hydrogen) atoms. The van der Waals surface area contributed by atoms with E-state index in [9.17, 15) is 4.79 Å². The van der Waals surface area contributed by atoms with Gasteiger partial charge in [0.25, 0.3) is 0 Å². The number of aryl methyl sites for hydroxylation is 1. The van der Waals surface area contributed by atoms with Crippen LogP contribution in [0.1, 0.15) is 17.5 Å². The number of benzene rings is 1. The van der Waals surface area contributed by atoms with E-state index in [1.54, 1.807) is 7.05 Å². The van der Waals surface area contributed by atoms with E-state index in [0.29, 0.717) is 6.54 Å². The summed E-state index contributed by atoms with van der Waals surface area (Å²) in [7, 11) is 1.70. The van der Waals surface area contributed by atoms with Gasteiger partial charge in [-0.05, 0) is 50.2 Å². The molecule has 1 saturated heterocycles. The number of rotatable bonds is 4. The molecule has 1 aliphatic rings. The fraction of sp³-hybridized carbons (Fsp3) is 0.474. The summed E-state index contributed by atoms with van der Waals surface area (Å²) in [5.41, 5.74) is 3.57. The van der Waals surface area contributed by atoms with E-state index in [4.69, 9.17) is 0 Å². The van der Waals surface area contributed by atoms with Gasteiger partial charge >= 0.3 is 0 Å². The van der Waals surface area contributed by atoms with Crippen LogP contribution in [0.2, 0.25) is 0 Å². The van der Waals surface area contributed by atoms with Crippen LogP contribution in [0.3, 0.4) is 0 Å². The Balaban J connectivity index is 1.62. The number of hydrogen-bond acceptors (Lipinski definition) is 4. The lowest BCUT2D eigenvalue weighted by atomic mass is 10.1. The first-order valence-corrected chi connectivity index (χ1v) is 8.64. The van der Waals surface area contributed by atoms with Gasteiger partial charge < -0.3 is 5.32 Å². The Morgan fingerprint density at radius 2 is 1.96 bits per heavy atom. The Hall–Kier alpha value is -1.98. The van der Waals surface area contributed by atoms with Crippen LogP contribution in [0.25, 0.3) is 10.9 Å². The molecule has 0 unspecified atom stereocenters. The van der Waals surface area contributed by atoms with Gasteiger partial charge in [-0.15, -0.1) is 0 Å². The summed E-state index contributed by atoms with van der Waals surface area (Å²) in [6.07, 6.45) is 3.09. The first-order chi connectivity index (χ1) is 11.6. The summed E-state index contributed by atoms with van der Waals surface area (Å²) in [6.45, 7) is 7.51. The molecule has 1 aromatic carbocycles. The predicted octanol–water partition coefficient (Wildman–Crippen LogP) is 1.80. The number of nitrogens with one attached hydrogen (secondary N) is 1. The molecule has 1 N–H and O–H groups in total. The van der Waals surface area contributed by atoms with E-state index in [1.807, 2.05) is 6.20 Å². The zero-order valence-corrected chi connectivity index (χ0v) is 14.6. The molecular weight excluding hydrogens is 300 g/mol. The molecule has 3 rings (SSSR count). The van der Waals surface area contributed by atoms with Crippen LogP contribution in [-0.4, -0.2) is 60.5 Å². The average molecular weight is 326 g/mol. The van der Waals surface area contributed by atoms with Crippen LogP contribution in [0.5, 0.6) is 0 Å². The summed E-state index contributed by atoms with van der Waals surface area (Å²) < 4.78 is 0. The van der Waals surface area contributed by atoms with Crippen LogP contribution in [-0.2, 0) is 11.3 Å².